The van der Waals surface area contributed by atoms with Gasteiger partial charge in [-0.05, 0) is 48.9 Å². The van der Waals surface area contributed by atoms with Crippen LogP contribution >= 0.6 is 0 Å². The van der Waals surface area contributed by atoms with Crippen molar-refractivity contribution in [3.63, 3.8) is 0 Å². The number of aromatic nitrogens is 1. The summed E-state index contributed by atoms with van der Waals surface area (Å²) in [6.07, 6.45) is 0. The van der Waals surface area contributed by atoms with Crippen LogP contribution in [0.2, 0.25) is 0 Å². The van der Waals surface area contributed by atoms with Gasteiger partial charge < -0.3 is 24.4 Å². The zero-order valence-electron chi connectivity index (χ0n) is 22.7. The van der Waals surface area contributed by atoms with E-state index in [1.807, 2.05) is 59.5 Å². The molecule has 4 aromatic rings. The van der Waals surface area contributed by atoms with Gasteiger partial charge in [-0.3, -0.25) is 9.59 Å². The van der Waals surface area contributed by atoms with Crippen molar-refractivity contribution in [2.45, 2.75) is 27.0 Å². The summed E-state index contributed by atoms with van der Waals surface area (Å²) in [5, 5.41) is 3.85. The molecule has 1 aliphatic rings. The smallest absolute Gasteiger partial charge is 0.270 e. The van der Waals surface area contributed by atoms with Gasteiger partial charge in [-0.15, -0.1) is 0 Å². The molecule has 1 fully saturated rings. The average Bonchev–Trinajstić information content (AvgIpc) is 3.30. The third-order valence-corrected chi connectivity index (χ3v) is 7.28. The number of hydrogen-bond donors (Lipinski definition) is 1. The molecule has 1 aromatic heterocycles. The van der Waals surface area contributed by atoms with E-state index in [1.54, 1.807) is 0 Å². The minimum absolute atomic E-state index is 0.0330. The summed E-state index contributed by atoms with van der Waals surface area (Å²) in [5.74, 6) is -0.163. The molecule has 1 saturated heterocycles. The Hall–Kier alpha value is -3.94. The molecule has 0 aliphatic carbocycles. The lowest BCUT2D eigenvalue weighted by Crippen LogP contribution is -2.48. The molecule has 202 valence electrons. The van der Waals surface area contributed by atoms with Crippen molar-refractivity contribution >= 4 is 28.4 Å². The van der Waals surface area contributed by atoms with E-state index in [0.717, 1.165) is 54.8 Å². The van der Waals surface area contributed by atoms with E-state index < -0.39 is 0 Å². The predicted molar refractivity (Wildman–Crippen MR) is 155 cm³/mol. The monoisotopic (exact) mass is 524 g/mol. The molecular formula is C32H36N4O3. The predicted octanol–water partition coefficient (Wildman–Crippen LogP) is 4.93. The second-order valence-corrected chi connectivity index (χ2v) is 10.1. The van der Waals surface area contributed by atoms with Crippen molar-refractivity contribution < 1.29 is 14.3 Å². The molecule has 1 N–H and O–H groups in total. The first-order valence-corrected chi connectivity index (χ1v) is 13.6. The number of nitrogens with zero attached hydrogens (tertiary/aromatic N) is 3. The Kier molecular flexibility index (Phi) is 8.39. The first kappa shape index (κ1) is 26.7. The fraction of sp³-hybridized carbons (Fsp3) is 0.312. The maximum Gasteiger partial charge on any atom is 0.270 e. The molecule has 1 aliphatic heterocycles. The number of benzene rings is 3. The van der Waals surface area contributed by atoms with E-state index in [-0.39, 0.29) is 18.4 Å². The third-order valence-electron chi connectivity index (χ3n) is 7.28. The highest BCUT2D eigenvalue weighted by atomic mass is 16.5. The second-order valence-electron chi connectivity index (χ2n) is 10.1. The lowest BCUT2D eigenvalue weighted by molar-refractivity contribution is -0.121. The summed E-state index contributed by atoms with van der Waals surface area (Å²) < 4.78 is 7.69. The number of carbonyl (C=O) groups excluding carboxylic acids is 2. The largest absolute Gasteiger partial charge is 0.367 e. The van der Waals surface area contributed by atoms with E-state index >= 15 is 0 Å². The van der Waals surface area contributed by atoms with Gasteiger partial charge in [0, 0.05) is 49.3 Å². The van der Waals surface area contributed by atoms with Crippen LogP contribution in [0.4, 0.5) is 5.69 Å². The van der Waals surface area contributed by atoms with Gasteiger partial charge in [-0.1, -0.05) is 67.1 Å². The third kappa shape index (κ3) is 6.56. The van der Waals surface area contributed by atoms with Crippen LogP contribution in [-0.4, -0.2) is 65.5 Å². The number of hydrogen-bond acceptors (Lipinski definition) is 4. The Bertz CT molecular complexity index is 1440. The van der Waals surface area contributed by atoms with Crippen molar-refractivity contribution in [1.82, 2.24) is 14.4 Å². The summed E-state index contributed by atoms with van der Waals surface area (Å²) >= 11 is 0. The highest BCUT2D eigenvalue weighted by Crippen LogP contribution is 2.26. The molecule has 0 unspecified atom stereocenters. The molecule has 2 heterocycles. The van der Waals surface area contributed by atoms with Crippen molar-refractivity contribution in [2.75, 3.05) is 44.6 Å². The van der Waals surface area contributed by atoms with Gasteiger partial charge in [0.1, 0.15) is 12.3 Å². The number of fused-ring (bicyclic) bond motifs is 1. The quantitative estimate of drug-likeness (QED) is 0.337. The number of amides is 2. The van der Waals surface area contributed by atoms with Crippen molar-refractivity contribution in [3.05, 3.63) is 101 Å². The zero-order chi connectivity index (χ0) is 27.2. The van der Waals surface area contributed by atoms with Crippen LogP contribution in [0.15, 0.2) is 78.9 Å². The molecule has 7 nitrogen and oxygen atoms in total. The van der Waals surface area contributed by atoms with E-state index in [1.165, 1.54) is 5.56 Å². The standard InChI is InChI=1S/C32H36N4O3/c1-3-34-14-16-35(17-15-34)32(38)30-20-27-19-28(33-31(37)23-39-22-25-9-5-4-6-10-25)12-13-29(27)36(30)21-26-11-7-8-24(2)18-26/h4-13,18-20H,3,14-17,21-23H2,1-2H3,(H,33,37). The minimum atomic E-state index is -0.213. The van der Waals surface area contributed by atoms with E-state index in [2.05, 4.69) is 52.9 Å². The number of anilines is 1. The summed E-state index contributed by atoms with van der Waals surface area (Å²) in [4.78, 5) is 30.6. The fourth-order valence-corrected chi connectivity index (χ4v) is 5.15. The Morgan fingerprint density at radius 3 is 2.38 bits per heavy atom. The number of piperazine rings is 1. The molecule has 2 amide bonds. The van der Waals surface area contributed by atoms with Crippen LogP contribution in [0, 0.1) is 6.92 Å². The highest BCUT2D eigenvalue weighted by Gasteiger charge is 2.25. The summed E-state index contributed by atoms with van der Waals surface area (Å²) in [7, 11) is 0. The Labute approximate surface area is 230 Å². The minimum Gasteiger partial charge on any atom is -0.367 e. The topological polar surface area (TPSA) is 66.8 Å². The lowest BCUT2D eigenvalue weighted by atomic mass is 10.1. The molecular weight excluding hydrogens is 488 g/mol. The molecule has 39 heavy (non-hydrogen) atoms. The normalized spacial score (nSPS) is 14.1. The molecule has 0 atom stereocenters. The van der Waals surface area contributed by atoms with E-state index in [0.29, 0.717) is 24.5 Å². The molecule has 7 heteroatoms. The van der Waals surface area contributed by atoms with Crippen LogP contribution in [0.3, 0.4) is 0 Å². The second kappa shape index (κ2) is 12.3. The Balaban J connectivity index is 1.36. The number of carbonyl (C=O) groups is 2. The summed E-state index contributed by atoms with van der Waals surface area (Å²) in [6.45, 7) is 9.42. The fourth-order valence-electron chi connectivity index (χ4n) is 5.15. The van der Waals surface area contributed by atoms with Crippen molar-refractivity contribution in [1.29, 1.82) is 0 Å². The van der Waals surface area contributed by atoms with Crippen LogP contribution in [0.25, 0.3) is 10.9 Å². The SMILES string of the molecule is CCN1CCN(C(=O)c2cc3cc(NC(=O)COCc4ccccc4)ccc3n2Cc2cccc(C)c2)CC1. The van der Waals surface area contributed by atoms with Gasteiger partial charge >= 0.3 is 0 Å². The summed E-state index contributed by atoms with van der Waals surface area (Å²) in [6, 6.07) is 25.9. The molecule has 5 rings (SSSR count). The molecule has 0 bridgehead atoms. The van der Waals surface area contributed by atoms with Crippen molar-refractivity contribution in [2.24, 2.45) is 0 Å². The van der Waals surface area contributed by atoms with Gasteiger partial charge in [0.25, 0.3) is 5.91 Å². The number of nitrogens with one attached hydrogen (secondary N) is 1. The molecule has 0 saturated carbocycles. The number of rotatable bonds is 9. The van der Waals surface area contributed by atoms with Crippen LogP contribution in [-0.2, 0) is 22.7 Å². The Morgan fingerprint density at radius 2 is 1.64 bits per heavy atom. The maximum atomic E-state index is 13.7. The summed E-state index contributed by atoms with van der Waals surface area (Å²) in [5.41, 5.74) is 5.67. The number of likely N-dealkylation sites (N-methyl/N-ethyl adjacent to an activating group) is 1. The Morgan fingerprint density at radius 1 is 0.872 bits per heavy atom. The van der Waals surface area contributed by atoms with E-state index in [9.17, 15) is 9.59 Å². The molecule has 0 radical (unpaired) electrons. The number of ether oxygens (including phenoxy) is 1. The van der Waals surface area contributed by atoms with Crippen molar-refractivity contribution in [3.8, 4) is 0 Å². The van der Waals surface area contributed by atoms with Gasteiger partial charge in [-0.25, -0.2) is 0 Å². The molecule has 3 aromatic carbocycles. The van der Waals surface area contributed by atoms with Gasteiger partial charge in [0.05, 0.1) is 6.61 Å². The van der Waals surface area contributed by atoms with Crippen LogP contribution in [0.1, 0.15) is 34.1 Å². The van der Waals surface area contributed by atoms with E-state index in [4.69, 9.17) is 4.74 Å². The first-order valence-electron chi connectivity index (χ1n) is 13.6. The van der Waals surface area contributed by atoms with Gasteiger partial charge in [0.15, 0.2) is 0 Å². The lowest BCUT2D eigenvalue weighted by Gasteiger charge is -2.34. The van der Waals surface area contributed by atoms with Crippen LogP contribution < -0.4 is 5.32 Å². The first-order chi connectivity index (χ1) is 19.0. The zero-order valence-corrected chi connectivity index (χ0v) is 22.7. The van der Waals surface area contributed by atoms with Crippen LogP contribution in [0.5, 0.6) is 0 Å². The maximum absolute atomic E-state index is 13.7. The molecule has 0 spiro atoms. The van der Waals surface area contributed by atoms with Gasteiger partial charge in [0.2, 0.25) is 5.91 Å². The average molecular weight is 525 g/mol. The van der Waals surface area contributed by atoms with Gasteiger partial charge in [-0.2, -0.15) is 0 Å². The number of aryl methyl sites for hydroxylation is 1. The highest BCUT2D eigenvalue weighted by molar-refractivity contribution is 6.01.